The third-order valence-corrected chi connectivity index (χ3v) is 3.26. The number of carbonyl (C=O) groups is 1. The predicted molar refractivity (Wildman–Crippen MR) is 85.5 cm³/mol. The highest BCUT2D eigenvalue weighted by molar-refractivity contribution is 5.95. The van der Waals surface area contributed by atoms with Crippen LogP contribution in [-0.4, -0.2) is 32.5 Å². The third-order valence-electron chi connectivity index (χ3n) is 3.26. The monoisotopic (exact) mass is 299 g/mol. The van der Waals surface area contributed by atoms with Crippen LogP contribution < -0.4 is 5.32 Å². The number of nitrogens with one attached hydrogen (secondary N) is 1. The minimum Gasteiger partial charge on any atom is -0.349 e. The molecule has 0 saturated heterocycles. The molecule has 0 atom stereocenters. The first-order valence-electron chi connectivity index (χ1n) is 7.31. The Labute approximate surface area is 129 Å². The number of pyridine rings is 1. The molecule has 0 aliphatic carbocycles. The van der Waals surface area contributed by atoms with Gasteiger partial charge in [-0.1, -0.05) is 23.3 Å². The number of allylic oxidation sites excluding steroid dienone is 3. The van der Waals surface area contributed by atoms with E-state index in [1.807, 2.05) is 6.08 Å². The zero-order chi connectivity index (χ0) is 15.9. The summed E-state index contributed by atoms with van der Waals surface area (Å²) >= 11 is 0. The van der Waals surface area contributed by atoms with Crippen molar-refractivity contribution in [2.45, 2.75) is 33.6 Å². The average Bonchev–Trinajstić information content (AvgIpc) is 2.94. The van der Waals surface area contributed by atoms with Crippen LogP contribution in [0.3, 0.4) is 0 Å². The van der Waals surface area contributed by atoms with Gasteiger partial charge in [0.05, 0.1) is 0 Å². The Balaban J connectivity index is 1.85. The molecular weight excluding hydrogens is 278 g/mol. The van der Waals surface area contributed by atoms with E-state index in [9.17, 15) is 4.79 Å². The molecule has 2 aromatic heterocycles. The van der Waals surface area contributed by atoms with Crippen molar-refractivity contribution in [3.05, 3.63) is 47.2 Å². The van der Waals surface area contributed by atoms with Crippen molar-refractivity contribution in [3.8, 4) is 0 Å². The van der Waals surface area contributed by atoms with Gasteiger partial charge in [0.25, 0.3) is 5.91 Å². The number of amides is 1. The second-order valence-corrected chi connectivity index (χ2v) is 5.48. The Bertz CT molecular complexity index is 710. The number of aromatic nitrogens is 4. The molecule has 2 heterocycles. The number of fused-ring (bicyclic) bond motifs is 1. The van der Waals surface area contributed by atoms with E-state index in [1.54, 1.807) is 18.3 Å². The lowest BCUT2D eigenvalue weighted by molar-refractivity contribution is 0.0958. The van der Waals surface area contributed by atoms with Gasteiger partial charge >= 0.3 is 0 Å². The van der Waals surface area contributed by atoms with Crippen molar-refractivity contribution in [1.82, 2.24) is 25.4 Å². The summed E-state index contributed by atoms with van der Waals surface area (Å²) in [5, 5.41) is 14.0. The zero-order valence-electron chi connectivity index (χ0n) is 13.2. The minimum atomic E-state index is -0.126. The molecule has 2 rings (SSSR count). The fourth-order valence-electron chi connectivity index (χ4n) is 1.99. The van der Waals surface area contributed by atoms with Crippen molar-refractivity contribution in [2.75, 3.05) is 6.54 Å². The van der Waals surface area contributed by atoms with Gasteiger partial charge in [-0.05, 0) is 56.2 Å². The van der Waals surface area contributed by atoms with Crippen molar-refractivity contribution in [3.63, 3.8) is 0 Å². The second-order valence-electron chi connectivity index (χ2n) is 5.48. The van der Waals surface area contributed by atoms with E-state index in [4.69, 9.17) is 0 Å². The molecule has 22 heavy (non-hydrogen) atoms. The van der Waals surface area contributed by atoms with E-state index in [-0.39, 0.29) is 5.91 Å². The van der Waals surface area contributed by atoms with Crippen LogP contribution in [0.1, 0.15) is 44.0 Å². The van der Waals surface area contributed by atoms with Crippen LogP contribution in [0.5, 0.6) is 0 Å². The lowest BCUT2D eigenvalue weighted by Gasteiger charge is -2.04. The standard InChI is InChI=1S/C16H21N5O/c1-12(2)5-4-6-13(3)7-9-17-16(22)14-8-10-21-15(11-14)18-19-20-21/h5,7-8,10-11H,4,6,9H2,1-3H3,(H,17,22)/b13-7+. The third kappa shape index (κ3) is 4.51. The molecular formula is C16H21N5O. The number of hydrogen-bond acceptors (Lipinski definition) is 4. The van der Waals surface area contributed by atoms with Crippen LogP contribution in [0, 0.1) is 0 Å². The average molecular weight is 299 g/mol. The van der Waals surface area contributed by atoms with Gasteiger partial charge in [0.2, 0.25) is 0 Å². The summed E-state index contributed by atoms with van der Waals surface area (Å²) in [6.45, 7) is 6.80. The summed E-state index contributed by atoms with van der Waals surface area (Å²) in [7, 11) is 0. The number of nitrogens with zero attached hydrogens (tertiary/aromatic N) is 4. The van der Waals surface area contributed by atoms with Crippen molar-refractivity contribution in [2.24, 2.45) is 0 Å². The molecule has 0 saturated carbocycles. The summed E-state index contributed by atoms with van der Waals surface area (Å²) in [6, 6.07) is 3.37. The molecule has 0 bridgehead atoms. The van der Waals surface area contributed by atoms with E-state index >= 15 is 0 Å². The zero-order valence-corrected chi connectivity index (χ0v) is 13.2. The first kappa shape index (κ1) is 15.9. The van der Waals surface area contributed by atoms with Crippen LogP contribution in [0.15, 0.2) is 41.6 Å². The Morgan fingerprint density at radius 3 is 2.91 bits per heavy atom. The van der Waals surface area contributed by atoms with Crippen molar-refractivity contribution in [1.29, 1.82) is 0 Å². The molecule has 116 valence electrons. The van der Waals surface area contributed by atoms with E-state index in [0.717, 1.165) is 12.8 Å². The first-order valence-corrected chi connectivity index (χ1v) is 7.31. The Morgan fingerprint density at radius 2 is 2.14 bits per heavy atom. The molecule has 0 aliphatic rings. The van der Waals surface area contributed by atoms with E-state index in [0.29, 0.717) is 17.8 Å². The second kappa shape index (κ2) is 7.49. The Hall–Kier alpha value is -2.50. The highest BCUT2D eigenvalue weighted by atomic mass is 16.1. The van der Waals surface area contributed by atoms with Gasteiger partial charge < -0.3 is 5.32 Å². The molecule has 2 aromatic rings. The predicted octanol–water partition coefficient (Wildman–Crippen LogP) is 2.55. The van der Waals surface area contributed by atoms with Crippen LogP contribution in [0.2, 0.25) is 0 Å². The number of tetrazole rings is 1. The lowest BCUT2D eigenvalue weighted by Crippen LogP contribution is -2.23. The smallest absolute Gasteiger partial charge is 0.251 e. The minimum absolute atomic E-state index is 0.126. The molecule has 0 radical (unpaired) electrons. The van der Waals surface area contributed by atoms with Crippen LogP contribution in [-0.2, 0) is 0 Å². The van der Waals surface area contributed by atoms with Crippen molar-refractivity contribution < 1.29 is 4.79 Å². The Kier molecular flexibility index (Phi) is 5.41. The molecule has 0 unspecified atom stereocenters. The summed E-state index contributed by atoms with van der Waals surface area (Å²) in [5.41, 5.74) is 3.72. The molecule has 6 heteroatoms. The van der Waals surface area contributed by atoms with E-state index < -0.39 is 0 Å². The number of hydrogen-bond donors (Lipinski definition) is 1. The molecule has 1 N–H and O–H groups in total. The van der Waals surface area contributed by atoms with Gasteiger partial charge in [0, 0.05) is 18.3 Å². The maximum atomic E-state index is 12.1. The van der Waals surface area contributed by atoms with E-state index in [2.05, 4.69) is 47.7 Å². The van der Waals surface area contributed by atoms with Gasteiger partial charge in [-0.15, -0.1) is 5.10 Å². The molecule has 0 aliphatic heterocycles. The normalized spacial score (nSPS) is 11.5. The fourth-order valence-corrected chi connectivity index (χ4v) is 1.99. The quantitative estimate of drug-likeness (QED) is 0.832. The van der Waals surface area contributed by atoms with E-state index in [1.165, 1.54) is 15.7 Å². The molecule has 0 aromatic carbocycles. The van der Waals surface area contributed by atoms with Gasteiger partial charge in [0.15, 0.2) is 5.65 Å². The molecule has 6 nitrogen and oxygen atoms in total. The maximum Gasteiger partial charge on any atom is 0.251 e. The van der Waals surface area contributed by atoms with Crippen LogP contribution in [0.4, 0.5) is 0 Å². The molecule has 1 amide bonds. The van der Waals surface area contributed by atoms with Gasteiger partial charge in [-0.2, -0.15) is 0 Å². The van der Waals surface area contributed by atoms with Gasteiger partial charge in [-0.25, -0.2) is 4.52 Å². The maximum absolute atomic E-state index is 12.1. The summed E-state index contributed by atoms with van der Waals surface area (Å²) in [5.74, 6) is -0.126. The summed E-state index contributed by atoms with van der Waals surface area (Å²) in [6.07, 6.45) is 7.99. The summed E-state index contributed by atoms with van der Waals surface area (Å²) in [4.78, 5) is 12.1. The summed E-state index contributed by atoms with van der Waals surface area (Å²) < 4.78 is 1.52. The molecule has 0 fully saturated rings. The lowest BCUT2D eigenvalue weighted by atomic mass is 10.1. The number of rotatable bonds is 6. The topological polar surface area (TPSA) is 72.2 Å². The van der Waals surface area contributed by atoms with Crippen LogP contribution >= 0.6 is 0 Å². The van der Waals surface area contributed by atoms with Crippen molar-refractivity contribution >= 4 is 11.6 Å². The van der Waals surface area contributed by atoms with Crippen LogP contribution in [0.25, 0.3) is 5.65 Å². The fraction of sp³-hybridized carbons (Fsp3) is 0.375. The Morgan fingerprint density at radius 1 is 1.32 bits per heavy atom. The largest absolute Gasteiger partial charge is 0.349 e. The van der Waals surface area contributed by atoms with Gasteiger partial charge in [0.1, 0.15) is 0 Å². The molecule has 0 spiro atoms. The van der Waals surface area contributed by atoms with Gasteiger partial charge in [-0.3, -0.25) is 4.79 Å². The first-order chi connectivity index (χ1) is 10.6. The SMILES string of the molecule is CC(C)=CCC/C(C)=C/CNC(=O)c1ccn2nnnc2c1. The number of carbonyl (C=O) groups excluding carboxylic acids is 1. The highest BCUT2D eigenvalue weighted by Gasteiger charge is 2.06. The highest BCUT2D eigenvalue weighted by Crippen LogP contribution is 2.06.